The van der Waals surface area contributed by atoms with E-state index in [1.54, 1.807) is 6.92 Å². The van der Waals surface area contributed by atoms with Gasteiger partial charge in [-0.3, -0.25) is 4.79 Å². The lowest BCUT2D eigenvalue weighted by atomic mass is 9.81. The SMILES string of the molecule is CC(=O)[C@H]1Cc2ccccc2C1C(C)C. The lowest BCUT2D eigenvalue weighted by Crippen LogP contribution is -2.20. The van der Waals surface area contributed by atoms with Crippen molar-refractivity contribution in [3.63, 3.8) is 0 Å². The number of benzene rings is 1. The van der Waals surface area contributed by atoms with E-state index >= 15 is 0 Å². The van der Waals surface area contributed by atoms with Crippen LogP contribution in [0.1, 0.15) is 37.8 Å². The molecule has 0 radical (unpaired) electrons. The molecule has 2 rings (SSSR count). The van der Waals surface area contributed by atoms with Crippen LogP contribution >= 0.6 is 0 Å². The summed E-state index contributed by atoms with van der Waals surface area (Å²) in [5, 5.41) is 0. The van der Waals surface area contributed by atoms with Gasteiger partial charge in [0.25, 0.3) is 0 Å². The molecule has 1 aliphatic rings. The van der Waals surface area contributed by atoms with Crippen molar-refractivity contribution in [2.45, 2.75) is 33.1 Å². The first-order chi connectivity index (χ1) is 7.11. The number of hydrogen-bond donors (Lipinski definition) is 0. The molecule has 1 aliphatic carbocycles. The molecule has 0 fully saturated rings. The van der Waals surface area contributed by atoms with Crippen molar-refractivity contribution >= 4 is 5.78 Å². The highest BCUT2D eigenvalue weighted by atomic mass is 16.1. The number of carbonyl (C=O) groups is 1. The number of rotatable bonds is 2. The topological polar surface area (TPSA) is 17.1 Å². The summed E-state index contributed by atoms with van der Waals surface area (Å²) in [6, 6.07) is 8.49. The zero-order valence-corrected chi connectivity index (χ0v) is 9.66. The molecular formula is C14H18O. The fourth-order valence-corrected chi connectivity index (χ4v) is 2.85. The summed E-state index contributed by atoms with van der Waals surface area (Å²) in [6.45, 7) is 6.15. The Morgan fingerprint density at radius 2 is 2.00 bits per heavy atom. The van der Waals surface area contributed by atoms with Gasteiger partial charge in [-0.2, -0.15) is 0 Å². The molecule has 0 N–H and O–H groups in total. The molecule has 1 nitrogen and oxygen atoms in total. The molecule has 0 saturated carbocycles. The van der Waals surface area contributed by atoms with Crippen molar-refractivity contribution in [2.24, 2.45) is 11.8 Å². The molecular weight excluding hydrogens is 184 g/mol. The van der Waals surface area contributed by atoms with E-state index in [1.165, 1.54) is 11.1 Å². The number of fused-ring (bicyclic) bond motifs is 1. The van der Waals surface area contributed by atoms with Crippen LogP contribution in [0.15, 0.2) is 24.3 Å². The van der Waals surface area contributed by atoms with Crippen molar-refractivity contribution in [1.29, 1.82) is 0 Å². The smallest absolute Gasteiger partial charge is 0.133 e. The van der Waals surface area contributed by atoms with Crippen molar-refractivity contribution in [3.8, 4) is 0 Å². The molecule has 2 atom stereocenters. The summed E-state index contributed by atoms with van der Waals surface area (Å²) < 4.78 is 0. The molecule has 0 saturated heterocycles. The van der Waals surface area contributed by atoms with Crippen LogP contribution in [0.4, 0.5) is 0 Å². The van der Waals surface area contributed by atoms with Gasteiger partial charge >= 0.3 is 0 Å². The maximum Gasteiger partial charge on any atom is 0.133 e. The molecule has 0 spiro atoms. The highest BCUT2D eigenvalue weighted by Crippen LogP contribution is 2.42. The van der Waals surface area contributed by atoms with Crippen molar-refractivity contribution < 1.29 is 4.79 Å². The summed E-state index contributed by atoms with van der Waals surface area (Å²) in [5.74, 6) is 1.52. The van der Waals surface area contributed by atoms with Crippen LogP contribution in [0, 0.1) is 11.8 Å². The minimum Gasteiger partial charge on any atom is -0.300 e. The van der Waals surface area contributed by atoms with Gasteiger partial charge in [-0.05, 0) is 36.3 Å². The van der Waals surface area contributed by atoms with Crippen LogP contribution in [-0.4, -0.2) is 5.78 Å². The number of hydrogen-bond acceptors (Lipinski definition) is 1. The third-order valence-electron chi connectivity index (χ3n) is 3.53. The Morgan fingerprint density at radius 3 is 2.60 bits per heavy atom. The first-order valence-corrected chi connectivity index (χ1v) is 5.69. The Balaban J connectivity index is 2.42. The number of Topliss-reactive ketones (excluding diaryl/α,β-unsaturated/α-hetero) is 1. The van der Waals surface area contributed by atoms with Crippen molar-refractivity contribution in [2.75, 3.05) is 0 Å². The third kappa shape index (κ3) is 1.71. The van der Waals surface area contributed by atoms with Gasteiger partial charge < -0.3 is 0 Å². The first-order valence-electron chi connectivity index (χ1n) is 5.69. The van der Waals surface area contributed by atoms with E-state index < -0.39 is 0 Å². The molecule has 0 amide bonds. The van der Waals surface area contributed by atoms with E-state index in [0.717, 1.165) is 6.42 Å². The Morgan fingerprint density at radius 1 is 1.33 bits per heavy atom. The van der Waals surface area contributed by atoms with E-state index in [4.69, 9.17) is 0 Å². The summed E-state index contributed by atoms with van der Waals surface area (Å²) >= 11 is 0. The van der Waals surface area contributed by atoms with Crippen LogP contribution in [-0.2, 0) is 11.2 Å². The Labute approximate surface area is 91.5 Å². The van der Waals surface area contributed by atoms with E-state index in [2.05, 4.69) is 38.1 Å². The number of ketones is 1. The van der Waals surface area contributed by atoms with Crippen LogP contribution in [0.5, 0.6) is 0 Å². The van der Waals surface area contributed by atoms with E-state index in [-0.39, 0.29) is 5.92 Å². The highest BCUT2D eigenvalue weighted by molar-refractivity contribution is 5.81. The fourth-order valence-electron chi connectivity index (χ4n) is 2.85. The molecule has 1 aromatic carbocycles. The summed E-state index contributed by atoms with van der Waals surface area (Å²) in [5.41, 5.74) is 2.77. The minimum absolute atomic E-state index is 0.211. The predicted octanol–water partition coefficient (Wildman–Crippen LogP) is 3.19. The maximum atomic E-state index is 11.6. The van der Waals surface area contributed by atoms with Crippen molar-refractivity contribution in [1.82, 2.24) is 0 Å². The van der Waals surface area contributed by atoms with Gasteiger partial charge in [0.2, 0.25) is 0 Å². The lowest BCUT2D eigenvalue weighted by molar-refractivity contribution is -0.121. The van der Waals surface area contributed by atoms with Gasteiger partial charge in [-0.25, -0.2) is 0 Å². The molecule has 1 heteroatoms. The van der Waals surface area contributed by atoms with E-state index in [0.29, 0.717) is 17.6 Å². The predicted molar refractivity (Wildman–Crippen MR) is 61.9 cm³/mol. The lowest BCUT2D eigenvalue weighted by Gasteiger charge is -2.22. The largest absolute Gasteiger partial charge is 0.300 e. The fraction of sp³-hybridized carbons (Fsp3) is 0.500. The van der Waals surface area contributed by atoms with E-state index in [9.17, 15) is 4.79 Å². The van der Waals surface area contributed by atoms with Gasteiger partial charge in [-0.15, -0.1) is 0 Å². The average Bonchev–Trinajstić information content (AvgIpc) is 2.56. The van der Waals surface area contributed by atoms with Gasteiger partial charge in [0.05, 0.1) is 0 Å². The van der Waals surface area contributed by atoms with Gasteiger partial charge in [0.15, 0.2) is 0 Å². The summed E-state index contributed by atoms with van der Waals surface area (Å²) in [6.07, 6.45) is 0.939. The Hall–Kier alpha value is -1.11. The Bertz CT molecular complexity index is 379. The van der Waals surface area contributed by atoms with E-state index in [1.807, 2.05) is 0 Å². The minimum atomic E-state index is 0.211. The molecule has 15 heavy (non-hydrogen) atoms. The maximum absolute atomic E-state index is 11.6. The quantitative estimate of drug-likeness (QED) is 0.719. The standard InChI is InChI=1S/C14H18O/c1-9(2)14-12-7-5-4-6-11(12)8-13(14)10(3)15/h4-7,9,13-14H,8H2,1-3H3/t13-,14?/m1/s1. The molecule has 1 unspecified atom stereocenters. The van der Waals surface area contributed by atoms with Crippen LogP contribution < -0.4 is 0 Å². The monoisotopic (exact) mass is 202 g/mol. The molecule has 0 aromatic heterocycles. The Kier molecular flexibility index (Phi) is 2.64. The number of carbonyl (C=O) groups excluding carboxylic acids is 1. The van der Waals surface area contributed by atoms with Crippen LogP contribution in [0.25, 0.3) is 0 Å². The van der Waals surface area contributed by atoms with Crippen LogP contribution in [0.2, 0.25) is 0 Å². The molecule has 0 aliphatic heterocycles. The molecule has 0 heterocycles. The molecule has 1 aromatic rings. The van der Waals surface area contributed by atoms with Crippen LogP contribution in [0.3, 0.4) is 0 Å². The highest BCUT2D eigenvalue weighted by Gasteiger charge is 2.36. The van der Waals surface area contributed by atoms with Crippen molar-refractivity contribution in [3.05, 3.63) is 35.4 Å². The third-order valence-corrected chi connectivity index (χ3v) is 3.53. The zero-order chi connectivity index (χ0) is 11.0. The average molecular weight is 202 g/mol. The summed E-state index contributed by atoms with van der Waals surface area (Å²) in [4.78, 5) is 11.6. The van der Waals surface area contributed by atoms with Gasteiger partial charge in [-0.1, -0.05) is 38.1 Å². The zero-order valence-electron chi connectivity index (χ0n) is 9.66. The van der Waals surface area contributed by atoms with Gasteiger partial charge in [0.1, 0.15) is 5.78 Å². The second-order valence-corrected chi connectivity index (χ2v) is 4.89. The second kappa shape index (κ2) is 3.80. The summed E-state index contributed by atoms with van der Waals surface area (Å²) in [7, 11) is 0. The second-order valence-electron chi connectivity index (χ2n) is 4.89. The first kappa shape index (κ1) is 10.4. The normalized spacial score (nSPS) is 24.3. The molecule has 80 valence electrons. The van der Waals surface area contributed by atoms with Gasteiger partial charge in [0, 0.05) is 5.92 Å². The molecule has 0 bridgehead atoms.